The van der Waals surface area contributed by atoms with E-state index in [1.807, 2.05) is 24.3 Å². The molecule has 19 heavy (non-hydrogen) atoms. The molecule has 96 valence electrons. The van der Waals surface area contributed by atoms with Crippen LogP contribution in [0.1, 0.15) is 0 Å². The Bertz CT molecular complexity index is 723. The van der Waals surface area contributed by atoms with Gasteiger partial charge in [0.15, 0.2) is 17.0 Å². The molecule has 1 N–H and O–H groups in total. The van der Waals surface area contributed by atoms with E-state index in [2.05, 4.69) is 25.6 Å². The van der Waals surface area contributed by atoms with Gasteiger partial charge in [0.25, 0.3) is 0 Å². The Labute approximate surface area is 109 Å². The largest absolute Gasteiger partial charge is 0.495 e. The number of aryl methyl sites for hydroxylation is 1. The molecule has 2 aromatic heterocycles. The van der Waals surface area contributed by atoms with Gasteiger partial charge < -0.3 is 10.1 Å². The Morgan fingerprint density at radius 2 is 2.05 bits per heavy atom. The molecule has 0 fully saturated rings. The lowest BCUT2D eigenvalue weighted by Crippen LogP contribution is -1.99. The third kappa shape index (κ3) is 1.95. The van der Waals surface area contributed by atoms with Crippen LogP contribution in [0.15, 0.2) is 30.6 Å². The molecule has 0 aliphatic heterocycles. The van der Waals surface area contributed by atoms with E-state index in [1.54, 1.807) is 18.8 Å². The fourth-order valence-corrected chi connectivity index (χ4v) is 1.82. The second-order valence-electron chi connectivity index (χ2n) is 3.93. The van der Waals surface area contributed by atoms with Crippen LogP contribution >= 0.6 is 0 Å². The third-order valence-corrected chi connectivity index (χ3v) is 2.75. The molecule has 0 radical (unpaired) electrons. The smallest absolute Gasteiger partial charge is 0.183 e. The van der Waals surface area contributed by atoms with Crippen LogP contribution in [0.2, 0.25) is 0 Å². The molecule has 0 amide bonds. The Morgan fingerprint density at radius 1 is 1.21 bits per heavy atom. The van der Waals surface area contributed by atoms with Gasteiger partial charge in [0.2, 0.25) is 0 Å². The monoisotopic (exact) mass is 256 g/mol. The summed E-state index contributed by atoms with van der Waals surface area (Å²) >= 11 is 0. The maximum absolute atomic E-state index is 5.29. The van der Waals surface area contributed by atoms with E-state index in [0.717, 1.165) is 11.4 Å². The van der Waals surface area contributed by atoms with E-state index < -0.39 is 0 Å². The highest BCUT2D eigenvalue weighted by Crippen LogP contribution is 2.28. The Hall–Kier alpha value is -2.70. The van der Waals surface area contributed by atoms with Crippen LogP contribution < -0.4 is 10.1 Å². The number of hydrogen-bond acceptors (Lipinski definition) is 6. The van der Waals surface area contributed by atoms with Crippen LogP contribution in [-0.2, 0) is 7.05 Å². The maximum atomic E-state index is 5.29. The predicted octanol–water partition coefficient (Wildman–Crippen LogP) is 1.51. The summed E-state index contributed by atoms with van der Waals surface area (Å²) < 4.78 is 6.89. The topological polar surface area (TPSA) is 77.8 Å². The summed E-state index contributed by atoms with van der Waals surface area (Å²) in [5.74, 6) is 1.33. The molecular weight excluding hydrogens is 244 g/mol. The number of hydrogen-bond donors (Lipinski definition) is 1. The molecule has 3 aromatic rings. The van der Waals surface area contributed by atoms with Gasteiger partial charge in [-0.2, -0.15) is 0 Å². The number of nitrogens with zero attached hydrogens (tertiary/aromatic N) is 5. The molecule has 0 aliphatic rings. The number of benzene rings is 1. The van der Waals surface area contributed by atoms with Gasteiger partial charge in [0.1, 0.15) is 12.1 Å². The molecule has 7 heteroatoms. The van der Waals surface area contributed by atoms with E-state index in [0.29, 0.717) is 17.0 Å². The molecule has 0 bridgehead atoms. The van der Waals surface area contributed by atoms with E-state index in [1.165, 1.54) is 6.33 Å². The van der Waals surface area contributed by atoms with Crippen molar-refractivity contribution in [1.29, 1.82) is 0 Å². The summed E-state index contributed by atoms with van der Waals surface area (Å²) in [4.78, 5) is 8.34. The summed E-state index contributed by atoms with van der Waals surface area (Å²) in [6.07, 6.45) is 1.48. The zero-order valence-corrected chi connectivity index (χ0v) is 10.5. The van der Waals surface area contributed by atoms with Crippen molar-refractivity contribution in [3.05, 3.63) is 30.6 Å². The second-order valence-corrected chi connectivity index (χ2v) is 3.93. The molecule has 0 saturated heterocycles. The molecule has 0 aliphatic carbocycles. The van der Waals surface area contributed by atoms with Gasteiger partial charge in [-0.1, -0.05) is 17.3 Å². The molecular formula is C12H12N6O. The van der Waals surface area contributed by atoms with Crippen LogP contribution in [0, 0.1) is 0 Å². The molecule has 0 spiro atoms. The van der Waals surface area contributed by atoms with E-state index in [4.69, 9.17) is 4.74 Å². The quantitative estimate of drug-likeness (QED) is 0.765. The normalized spacial score (nSPS) is 10.6. The highest BCUT2D eigenvalue weighted by molar-refractivity contribution is 5.85. The summed E-state index contributed by atoms with van der Waals surface area (Å²) in [5.41, 5.74) is 2.11. The average Bonchev–Trinajstić information content (AvgIpc) is 2.82. The van der Waals surface area contributed by atoms with E-state index in [-0.39, 0.29) is 0 Å². The average molecular weight is 256 g/mol. The van der Waals surface area contributed by atoms with Crippen LogP contribution in [0.25, 0.3) is 11.2 Å². The maximum Gasteiger partial charge on any atom is 0.183 e. The van der Waals surface area contributed by atoms with Crippen molar-refractivity contribution in [3.8, 4) is 5.75 Å². The number of fused-ring (bicyclic) bond motifs is 1. The number of anilines is 2. The van der Waals surface area contributed by atoms with Crippen molar-refractivity contribution >= 4 is 22.7 Å². The first kappa shape index (κ1) is 11.4. The van der Waals surface area contributed by atoms with Crippen molar-refractivity contribution in [2.45, 2.75) is 0 Å². The van der Waals surface area contributed by atoms with Gasteiger partial charge in [-0.15, -0.1) is 5.10 Å². The van der Waals surface area contributed by atoms with Gasteiger partial charge in [-0.05, 0) is 12.1 Å². The number of aromatic nitrogens is 5. The molecule has 2 heterocycles. The SMILES string of the molecule is COc1ccccc1Nc1ncnc2c1nnn2C. The minimum Gasteiger partial charge on any atom is -0.495 e. The van der Waals surface area contributed by atoms with Crippen LogP contribution in [0.5, 0.6) is 5.75 Å². The standard InChI is InChI=1S/C12H12N6O/c1-18-12-10(16-17-18)11(13-7-14-12)15-8-5-3-4-6-9(8)19-2/h3-7H,1-2H3,(H,13,14,15). The molecule has 1 aromatic carbocycles. The lowest BCUT2D eigenvalue weighted by molar-refractivity contribution is 0.417. The Morgan fingerprint density at radius 3 is 2.89 bits per heavy atom. The molecule has 0 saturated carbocycles. The Balaban J connectivity index is 2.06. The summed E-state index contributed by atoms with van der Waals surface area (Å²) in [5, 5.41) is 11.2. The van der Waals surface area contributed by atoms with Crippen molar-refractivity contribution in [3.63, 3.8) is 0 Å². The van der Waals surface area contributed by atoms with E-state index >= 15 is 0 Å². The number of para-hydroxylation sites is 2. The first-order chi connectivity index (χ1) is 9.29. The Kier molecular flexibility index (Phi) is 2.71. The van der Waals surface area contributed by atoms with Gasteiger partial charge in [0.05, 0.1) is 12.8 Å². The molecule has 0 unspecified atom stereocenters. The van der Waals surface area contributed by atoms with Crippen LogP contribution in [0.3, 0.4) is 0 Å². The minimum absolute atomic E-state index is 0.600. The van der Waals surface area contributed by atoms with Crippen molar-refractivity contribution < 1.29 is 4.74 Å². The molecule has 7 nitrogen and oxygen atoms in total. The lowest BCUT2D eigenvalue weighted by atomic mass is 10.3. The van der Waals surface area contributed by atoms with E-state index in [9.17, 15) is 0 Å². The first-order valence-electron chi connectivity index (χ1n) is 5.70. The minimum atomic E-state index is 0.600. The summed E-state index contributed by atoms with van der Waals surface area (Å²) in [6.45, 7) is 0. The first-order valence-corrected chi connectivity index (χ1v) is 5.70. The van der Waals surface area contributed by atoms with Gasteiger partial charge in [-0.3, -0.25) is 0 Å². The van der Waals surface area contributed by atoms with Crippen LogP contribution in [0.4, 0.5) is 11.5 Å². The van der Waals surface area contributed by atoms with Crippen LogP contribution in [-0.4, -0.2) is 32.1 Å². The fourth-order valence-electron chi connectivity index (χ4n) is 1.82. The highest BCUT2D eigenvalue weighted by atomic mass is 16.5. The number of methoxy groups -OCH3 is 1. The zero-order chi connectivity index (χ0) is 13.2. The molecule has 0 atom stereocenters. The van der Waals surface area contributed by atoms with Crippen molar-refractivity contribution in [1.82, 2.24) is 25.0 Å². The number of rotatable bonds is 3. The third-order valence-electron chi connectivity index (χ3n) is 2.75. The zero-order valence-electron chi connectivity index (χ0n) is 10.5. The van der Waals surface area contributed by atoms with Gasteiger partial charge in [0, 0.05) is 7.05 Å². The number of nitrogens with one attached hydrogen (secondary N) is 1. The summed E-state index contributed by atoms with van der Waals surface area (Å²) in [7, 11) is 3.41. The van der Waals surface area contributed by atoms with Gasteiger partial charge >= 0.3 is 0 Å². The second kappa shape index (κ2) is 4.52. The van der Waals surface area contributed by atoms with Gasteiger partial charge in [-0.25, -0.2) is 14.6 Å². The lowest BCUT2D eigenvalue weighted by Gasteiger charge is -2.09. The van der Waals surface area contributed by atoms with Crippen molar-refractivity contribution in [2.75, 3.05) is 12.4 Å². The summed E-state index contributed by atoms with van der Waals surface area (Å²) in [6, 6.07) is 7.60. The van der Waals surface area contributed by atoms with Crippen molar-refractivity contribution in [2.24, 2.45) is 7.05 Å². The molecule has 3 rings (SSSR count). The number of ether oxygens (including phenoxy) is 1. The fraction of sp³-hybridized carbons (Fsp3) is 0.167. The predicted molar refractivity (Wildman–Crippen MR) is 70.4 cm³/mol. The highest BCUT2D eigenvalue weighted by Gasteiger charge is 2.11.